The molecule has 3 rings (SSSR count). The van der Waals surface area contributed by atoms with Crippen molar-refractivity contribution in [3.8, 4) is 0 Å². The van der Waals surface area contributed by atoms with Crippen LogP contribution in [0.15, 0.2) is 22.8 Å². The van der Waals surface area contributed by atoms with Crippen LogP contribution in [0, 0.1) is 5.92 Å². The molecule has 0 bridgehead atoms. The Balaban J connectivity index is 1.63. The molecule has 1 aliphatic heterocycles. The molecule has 0 aromatic carbocycles. The molecular weight excluding hydrogens is 388 g/mol. The van der Waals surface area contributed by atoms with Crippen LogP contribution in [0.2, 0.25) is 0 Å². The van der Waals surface area contributed by atoms with E-state index in [-0.39, 0.29) is 12.5 Å². The first-order chi connectivity index (χ1) is 11.9. The van der Waals surface area contributed by atoms with Crippen molar-refractivity contribution < 1.29 is 14.4 Å². The van der Waals surface area contributed by atoms with E-state index in [9.17, 15) is 14.4 Å². The summed E-state index contributed by atoms with van der Waals surface area (Å²) in [7, 11) is 0. The number of aromatic nitrogens is 1. The number of carbonyl (C=O) groups is 3. The zero-order chi connectivity index (χ0) is 18.0. The van der Waals surface area contributed by atoms with Crippen LogP contribution < -0.4 is 10.6 Å². The van der Waals surface area contributed by atoms with Crippen molar-refractivity contribution in [1.82, 2.24) is 15.2 Å². The highest BCUT2D eigenvalue weighted by Crippen LogP contribution is 2.37. The van der Waals surface area contributed by atoms with Gasteiger partial charge >= 0.3 is 6.03 Å². The highest BCUT2D eigenvalue weighted by atomic mass is 79.9. The van der Waals surface area contributed by atoms with Gasteiger partial charge in [0.05, 0.1) is 0 Å². The quantitative estimate of drug-likeness (QED) is 0.749. The molecule has 2 N–H and O–H groups in total. The lowest BCUT2D eigenvalue weighted by atomic mass is 9.75. The Kier molecular flexibility index (Phi) is 5.08. The molecule has 2 heterocycles. The molecule has 134 valence electrons. The highest BCUT2D eigenvalue weighted by Gasteiger charge is 2.52. The van der Waals surface area contributed by atoms with Gasteiger partial charge in [-0.2, -0.15) is 0 Å². The van der Waals surface area contributed by atoms with Gasteiger partial charge in [-0.3, -0.25) is 14.5 Å². The minimum atomic E-state index is -0.821. The number of carbonyl (C=O) groups excluding carboxylic acids is 3. The van der Waals surface area contributed by atoms with Crippen molar-refractivity contribution in [1.29, 1.82) is 0 Å². The van der Waals surface area contributed by atoms with E-state index in [1.54, 1.807) is 18.3 Å². The zero-order valence-corrected chi connectivity index (χ0v) is 15.6. The monoisotopic (exact) mass is 408 g/mol. The van der Waals surface area contributed by atoms with Gasteiger partial charge in [-0.1, -0.05) is 13.3 Å². The molecule has 4 amide bonds. The Labute approximate surface area is 154 Å². The van der Waals surface area contributed by atoms with Gasteiger partial charge in [-0.15, -0.1) is 0 Å². The van der Waals surface area contributed by atoms with Gasteiger partial charge in [-0.05, 0) is 59.7 Å². The molecular formula is C17H21BrN4O3. The van der Waals surface area contributed by atoms with Gasteiger partial charge in [0.1, 0.15) is 17.9 Å². The first-order valence-electron chi connectivity index (χ1n) is 8.49. The summed E-state index contributed by atoms with van der Waals surface area (Å²) in [4.78, 5) is 42.2. The highest BCUT2D eigenvalue weighted by molar-refractivity contribution is 9.10. The summed E-state index contributed by atoms with van der Waals surface area (Å²) in [5.74, 6) is 0.248. The topological polar surface area (TPSA) is 91.4 Å². The molecule has 1 spiro atoms. The van der Waals surface area contributed by atoms with E-state index >= 15 is 0 Å². The van der Waals surface area contributed by atoms with Crippen molar-refractivity contribution in [2.75, 3.05) is 11.9 Å². The van der Waals surface area contributed by atoms with Crippen LogP contribution in [-0.4, -0.2) is 39.8 Å². The average Bonchev–Trinajstić information content (AvgIpc) is 2.82. The molecule has 8 heteroatoms. The van der Waals surface area contributed by atoms with Crippen LogP contribution >= 0.6 is 15.9 Å². The average molecular weight is 409 g/mol. The first kappa shape index (κ1) is 17.8. The number of hydrogen-bond donors (Lipinski definition) is 2. The Hall–Kier alpha value is -1.96. The van der Waals surface area contributed by atoms with Crippen LogP contribution in [0.1, 0.15) is 39.0 Å². The molecule has 0 atom stereocenters. The fourth-order valence-corrected chi connectivity index (χ4v) is 3.75. The molecule has 1 saturated heterocycles. The summed E-state index contributed by atoms with van der Waals surface area (Å²) in [6.07, 6.45) is 5.77. The molecule has 2 aliphatic rings. The van der Waals surface area contributed by atoms with Crippen molar-refractivity contribution in [2.24, 2.45) is 5.92 Å². The van der Waals surface area contributed by atoms with Gasteiger partial charge < -0.3 is 10.6 Å². The second kappa shape index (κ2) is 7.11. The number of nitrogens with zero attached hydrogens (tertiary/aromatic N) is 2. The summed E-state index contributed by atoms with van der Waals surface area (Å²) < 4.78 is 0.796. The van der Waals surface area contributed by atoms with E-state index in [4.69, 9.17) is 0 Å². The predicted molar refractivity (Wildman–Crippen MR) is 95.8 cm³/mol. The molecule has 1 aliphatic carbocycles. The molecule has 7 nitrogen and oxygen atoms in total. The lowest BCUT2D eigenvalue weighted by molar-refractivity contribution is -0.135. The molecule has 2 fully saturated rings. The third-order valence-corrected chi connectivity index (χ3v) is 5.55. The van der Waals surface area contributed by atoms with E-state index in [2.05, 4.69) is 38.5 Å². The number of imide groups is 1. The van der Waals surface area contributed by atoms with Crippen LogP contribution in [0.25, 0.3) is 0 Å². The van der Waals surface area contributed by atoms with E-state index < -0.39 is 17.5 Å². The van der Waals surface area contributed by atoms with Gasteiger partial charge in [0.2, 0.25) is 5.91 Å². The van der Waals surface area contributed by atoms with Crippen molar-refractivity contribution in [3.05, 3.63) is 22.8 Å². The second-order valence-electron chi connectivity index (χ2n) is 6.67. The summed E-state index contributed by atoms with van der Waals surface area (Å²) >= 11 is 3.27. The van der Waals surface area contributed by atoms with Gasteiger partial charge in [0.15, 0.2) is 0 Å². The largest absolute Gasteiger partial charge is 0.325 e. The number of amides is 4. The third-order valence-electron chi connectivity index (χ3n) is 5.08. The SMILES string of the molecule is CCC1CCC2(CC1)NC(=O)N(CC(=O)Nc1ccc(Br)cn1)C2=O. The summed E-state index contributed by atoms with van der Waals surface area (Å²) in [6, 6.07) is 2.90. The summed E-state index contributed by atoms with van der Waals surface area (Å²) in [5, 5.41) is 5.43. The first-order valence-corrected chi connectivity index (χ1v) is 9.28. The van der Waals surface area contributed by atoms with Crippen LogP contribution in [-0.2, 0) is 9.59 Å². The fraction of sp³-hybridized carbons (Fsp3) is 0.529. The number of pyridine rings is 1. The standard InChI is InChI=1S/C17H21BrN4O3/c1-2-11-5-7-17(8-6-11)15(24)22(16(25)21-17)10-14(23)20-13-4-3-12(18)9-19-13/h3-4,9,11H,2,5-8,10H2,1H3,(H,21,25)(H,19,20,23). The van der Waals surface area contributed by atoms with Gasteiger partial charge in [0, 0.05) is 10.7 Å². The van der Waals surface area contributed by atoms with Crippen molar-refractivity contribution in [3.63, 3.8) is 0 Å². The Morgan fingerprint density at radius 3 is 2.72 bits per heavy atom. The maximum absolute atomic E-state index is 12.8. The second-order valence-corrected chi connectivity index (χ2v) is 7.58. The Morgan fingerprint density at radius 2 is 2.12 bits per heavy atom. The Bertz CT molecular complexity index is 684. The fourth-order valence-electron chi connectivity index (χ4n) is 3.51. The van der Waals surface area contributed by atoms with E-state index in [0.29, 0.717) is 24.6 Å². The van der Waals surface area contributed by atoms with Gasteiger partial charge in [-0.25, -0.2) is 9.78 Å². The van der Waals surface area contributed by atoms with E-state index in [1.807, 2.05) is 0 Å². The van der Waals surface area contributed by atoms with Crippen LogP contribution in [0.4, 0.5) is 10.6 Å². The minimum absolute atomic E-state index is 0.286. The number of anilines is 1. The maximum Gasteiger partial charge on any atom is 0.325 e. The smallest absolute Gasteiger partial charge is 0.323 e. The molecule has 1 saturated carbocycles. The van der Waals surface area contributed by atoms with Gasteiger partial charge in [0.25, 0.3) is 5.91 Å². The summed E-state index contributed by atoms with van der Waals surface area (Å²) in [6.45, 7) is 1.84. The number of halogens is 1. The Morgan fingerprint density at radius 1 is 1.40 bits per heavy atom. The van der Waals surface area contributed by atoms with Crippen LogP contribution in [0.3, 0.4) is 0 Å². The van der Waals surface area contributed by atoms with Crippen molar-refractivity contribution >= 4 is 39.6 Å². The molecule has 0 radical (unpaired) electrons. The number of urea groups is 1. The van der Waals surface area contributed by atoms with E-state index in [0.717, 1.165) is 28.6 Å². The molecule has 1 aromatic heterocycles. The predicted octanol–water partition coefficient (Wildman–Crippen LogP) is 2.67. The van der Waals surface area contributed by atoms with E-state index in [1.165, 1.54) is 0 Å². The van der Waals surface area contributed by atoms with Crippen LogP contribution in [0.5, 0.6) is 0 Å². The lowest BCUT2D eigenvalue weighted by Gasteiger charge is -2.34. The number of nitrogens with one attached hydrogen (secondary N) is 2. The summed E-state index contributed by atoms with van der Waals surface area (Å²) in [5.41, 5.74) is -0.821. The zero-order valence-electron chi connectivity index (χ0n) is 14.0. The molecule has 25 heavy (non-hydrogen) atoms. The molecule has 0 unspecified atom stereocenters. The minimum Gasteiger partial charge on any atom is -0.323 e. The number of hydrogen-bond acceptors (Lipinski definition) is 4. The maximum atomic E-state index is 12.8. The molecule has 1 aromatic rings. The number of rotatable bonds is 4. The third kappa shape index (κ3) is 3.68. The normalized spacial score (nSPS) is 26.0. The van der Waals surface area contributed by atoms with Crippen molar-refractivity contribution in [2.45, 2.75) is 44.6 Å². The lowest BCUT2D eigenvalue weighted by Crippen LogP contribution is -2.49.